The van der Waals surface area contributed by atoms with Crippen molar-refractivity contribution in [1.29, 1.82) is 10.5 Å². The number of methoxy groups -OCH3 is 1. The fourth-order valence-electron chi connectivity index (χ4n) is 2.60. The van der Waals surface area contributed by atoms with Crippen LogP contribution < -0.4 is 10.5 Å². The van der Waals surface area contributed by atoms with Crippen molar-refractivity contribution in [3.05, 3.63) is 29.5 Å². The fourth-order valence-corrected chi connectivity index (χ4v) is 3.66. The minimum Gasteiger partial charge on any atom is -0.490 e. The Morgan fingerprint density at radius 3 is 2.64 bits per heavy atom. The van der Waals surface area contributed by atoms with E-state index in [1.54, 1.807) is 25.4 Å². The summed E-state index contributed by atoms with van der Waals surface area (Å²) in [6.45, 7) is 1.62. The summed E-state index contributed by atoms with van der Waals surface area (Å²) in [6, 6.07) is 7.63. The summed E-state index contributed by atoms with van der Waals surface area (Å²) in [5.41, 5.74) is 7.28. The molecule has 0 radical (unpaired) electrons. The first-order valence-corrected chi connectivity index (χ1v) is 9.62. The highest BCUT2D eigenvalue weighted by Crippen LogP contribution is 2.36. The number of pyridine rings is 2. The Hall–Kier alpha value is -2.85. The van der Waals surface area contributed by atoms with E-state index in [0.29, 0.717) is 41.0 Å². The highest BCUT2D eigenvalue weighted by molar-refractivity contribution is 7.99. The summed E-state index contributed by atoms with van der Waals surface area (Å²) in [4.78, 5) is 8.64. The number of nitriles is 2. The Morgan fingerprint density at radius 1 is 1.29 bits per heavy atom. The molecule has 0 aromatic carbocycles. The molecule has 2 aromatic heterocycles. The van der Waals surface area contributed by atoms with Gasteiger partial charge in [0.05, 0.1) is 30.2 Å². The monoisotopic (exact) mass is 397 g/mol. The normalized spacial score (nSPS) is 15.3. The Balaban J connectivity index is 1.94. The molecule has 9 heteroatoms. The van der Waals surface area contributed by atoms with Crippen molar-refractivity contribution in [2.24, 2.45) is 0 Å². The van der Waals surface area contributed by atoms with Crippen LogP contribution in [0.25, 0.3) is 11.3 Å². The molecule has 3 rings (SSSR count). The van der Waals surface area contributed by atoms with E-state index in [-0.39, 0.29) is 23.0 Å². The first-order valence-electron chi connectivity index (χ1n) is 8.64. The van der Waals surface area contributed by atoms with Gasteiger partial charge in [0.25, 0.3) is 0 Å². The van der Waals surface area contributed by atoms with Gasteiger partial charge in [-0.2, -0.15) is 10.5 Å². The molecule has 2 N–H and O–H groups in total. The van der Waals surface area contributed by atoms with Gasteiger partial charge < -0.3 is 19.9 Å². The van der Waals surface area contributed by atoms with Crippen LogP contribution in [0.2, 0.25) is 0 Å². The van der Waals surface area contributed by atoms with Crippen molar-refractivity contribution in [2.75, 3.05) is 38.4 Å². The van der Waals surface area contributed by atoms with Crippen LogP contribution in [0.3, 0.4) is 0 Å². The number of aromatic nitrogens is 2. The molecule has 1 saturated heterocycles. The van der Waals surface area contributed by atoms with Gasteiger partial charge in [0, 0.05) is 25.0 Å². The summed E-state index contributed by atoms with van der Waals surface area (Å²) in [5, 5.41) is 19.8. The molecule has 1 atom stereocenters. The number of nitrogens with two attached hydrogens (primary N) is 1. The molecule has 1 aliphatic rings. The molecule has 28 heavy (non-hydrogen) atoms. The maximum atomic E-state index is 9.75. The molecular weight excluding hydrogens is 378 g/mol. The third-order valence-corrected chi connectivity index (χ3v) is 5.27. The van der Waals surface area contributed by atoms with Crippen LogP contribution in [-0.4, -0.2) is 48.8 Å². The van der Waals surface area contributed by atoms with Crippen LogP contribution in [0, 0.1) is 22.7 Å². The lowest BCUT2D eigenvalue weighted by molar-refractivity contribution is -0.0343. The van der Waals surface area contributed by atoms with Crippen LogP contribution in [-0.2, 0) is 9.47 Å². The van der Waals surface area contributed by atoms with Crippen LogP contribution in [0.4, 0.5) is 5.82 Å². The van der Waals surface area contributed by atoms with Crippen LogP contribution in [0.5, 0.6) is 5.75 Å². The molecule has 3 heterocycles. The lowest BCUT2D eigenvalue weighted by atomic mass is 10.0. The van der Waals surface area contributed by atoms with E-state index < -0.39 is 0 Å². The maximum Gasteiger partial charge on any atom is 0.143 e. The number of nitrogen functional groups attached to an aromatic ring is 1. The lowest BCUT2D eigenvalue weighted by Gasteiger charge is -2.26. The Morgan fingerprint density at radius 2 is 2.07 bits per heavy atom. The van der Waals surface area contributed by atoms with E-state index in [1.807, 2.05) is 6.07 Å². The average molecular weight is 397 g/mol. The second-order valence-corrected chi connectivity index (χ2v) is 6.97. The molecular formula is C19H19N5O3S. The second kappa shape index (κ2) is 9.38. The predicted octanol–water partition coefficient (Wildman–Crippen LogP) is 2.38. The number of anilines is 1. The standard InChI is InChI=1S/C19H19N5O3S/c1-25-6-7-27-12-2-3-16(23-10-12)17-14(8-20)18(22)24-19(15(17)9-21)28-11-13-4-5-26-13/h2-3,10,13H,4-7,11H2,1H3,(H2,22,24). The first kappa shape index (κ1) is 19.9. The zero-order valence-corrected chi connectivity index (χ0v) is 16.2. The predicted molar refractivity (Wildman–Crippen MR) is 104 cm³/mol. The molecule has 0 aliphatic carbocycles. The Labute approximate surface area is 167 Å². The third kappa shape index (κ3) is 4.34. The zero-order chi connectivity index (χ0) is 19.9. The first-order chi connectivity index (χ1) is 13.7. The molecule has 1 fully saturated rings. The molecule has 2 aromatic rings. The molecule has 1 unspecified atom stereocenters. The van der Waals surface area contributed by atoms with Gasteiger partial charge in [0.15, 0.2) is 0 Å². The van der Waals surface area contributed by atoms with E-state index in [2.05, 4.69) is 16.0 Å². The third-order valence-electron chi connectivity index (χ3n) is 4.16. The number of hydrogen-bond donors (Lipinski definition) is 1. The van der Waals surface area contributed by atoms with Crippen LogP contribution >= 0.6 is 11.8 Å². The van der Waals surface area contributed by atoms with Crippen molar-refractivity contribution >= 4 is 17.6 Å². The van der Waals surface area contributed by atoms with Gasteiger partial charge in [-0.25, -0.2) is 4.98 Å². The summed E-state index contributed by atoms with van der Waals surface area (Å²) >= 11 is 1.40. The summed E-state index contributed by atoms with van der Waals surface area (Å²) in [5.74, 6) is 1.32. The van der Waals surface area contributed by atoms with E-state index in [1.165, 1.54) is 11.8 Å². The quantitative estimate of drug-likeness (QED) is 0.527. The van der Waals surface area contributed by atoms with Gasteiger partial charge in [-0.15, -0.1) is 11.8 Å². The lowest BCUT2D eigenvalue weighted by Crippen LogP contribution is -2.28. The van der Waals surface area contributed by atoms with Gasteiger partial charge in [-0.3, -0.25) is 4.98 Å². The smallest absolute Gasteiger partial charge is 0.143 e. The molecule has 0 bridgehead atoms. The highest BCUT2D eigenvalue weighted by Gasteiger charge is 2.24. The molecule has 0 saturated carbocycles. The topological polar surface area (TPSA) is 127 Å². The molecule has 144 valence electrons. The van der Waals surface area contributed by atoms with Gasteiger partial charge in [0.1, 0.15) is 40.9 Å². The molecule has 0 spiro atoms. The largest absolute Gasteiger partial charge is 0.490 e. The number of thioether (sulfide) groups is 1. The SMILES string of the molecule is COCCOc1ccc(-c2c(C#N)c(N)nc(SCC3CCO3)c2C#N)nc1. The Kier molecular flexibility index (Phi) is 6.66. The van der Waals surface area contributed by atoms with Crippen molar-refractivity contribution in [3.8, 4) is 29.1 Å². The van der Waals surface area contributed by atoms with Crippen molar-refractivity contribution in [3.63, 3.8) is 0 Å². The van der Waals surface area contributed by atoms with Crippen molar-refractivity contribution in [1.82, 2.24) is 9.97 Å². The molecule has 0 amide bonds. The van der Waals surface area contributed by atoms with Gasteiger partial charge in [0.2, 0.25) is 0 Å². The van der Waals surface area contributed by atoms with E-state index in [4.69, 9.17) is 19.9 Å². The van der Waals surface area contributed by atoms with Gasteiger partial charge >= 0.3 is 0 Å². The van der Waals surface area contributed by atoms with E-state index in [0.717, 1.165) is 13.0 Å². The summed E-state index contributed by atoms with van der Waals surface area (Å²) in [6.07, 6.45) is 2.68. The minimum absolute atomic E-state index is 0.0794. The zero-order valence-electron chi connectivity index (χ0n) is 15.3. The molecule has 8 nitrogen and oxygen atoms in total. The van der Waals surface area contributed by atoms with E-state index in [9.17, 15) is 10.5 Å². The number of nitrogens with zero attached hydrogens (tertiary/aromatic N) is 4. The highest BCUT2D eigenvalue weighted by atomic mass is 32.2. The number of rotatable bonds is 8. The number of hydrogen-bond acceptors (Lipinski definition) is 9. The fraction of sp³-hybridized carbons (Fsp3) is 0.368. The second-order valence-electron chi connectivity index (χ2n) is 5.96. The average Bonchev–Trinajstić information content (AvgIpc) is 2.67. The summed E-state index contributed by atoms with van der Waals surface area (Å²) in [7, 11) is 1.60. The summed E-state index contributed by atoms with van der Waals surface area (Å²) < 4.78 is 15.9. The van der Waals surface area contributed by atoms with Gasteiger partial charge in [-0.05, 0) is 18.6 Å². The number of ether oxygens (including phenoxy) is 3. The maximum absolute atomic E-state index is 9.75. The Bertz CT molecular complexity index is 917. The van der Waals surface area contributed by atoms with Crippen molar-refractivity contribution in [2.45, 2.75) is 17.6 Å². The van der Waals surface area contributed by atoms with Crippen LogP contribution in [0.15, 0.2) is 23.4 Å². The van der Waals surface area contributed by atoms with E-state index >= 15 is 0 Å². The van der Waals surface area contributed by atoms with Crippen molar-refractivity contribution < 1.29 is 14.2 Å². The minimum atomic E-state index is 0.0794. The van der Waals surface area contributed by atoms with Crippen LogP contribution in [0.1, 0.15) is 17.5 Å². The van der Waals surface area contributed by atoms with Gasteiger partial charge in [-0.1, -0.05) is 0 Å². The molecule has 1 aliphatic heterocycles.